The van der Waals surface area contributed by atoms with Crippen molar-refractivity contribution in [2.24, 2.45) is 10.9 Å². The second kappa shape index (κ2) is 13.1. The highest BCUT2D eigenvalue weighted by atomic mass is 32.2. The lowest BCUT2D eigenvalue weighted by atomic mass is 9.97. The Kier molecular flexibility index (Phi) is 10.2. The number of ether oxygens (including phenoxy) is 2. The molecule has 0 saturated carbocycles. The van der Waals surface area contributed by atoms with Gasteiger partial charge in [0.15, 0.2) is 5.96 Å². The van der Waals surface area contributed by atoms with Crippen molar-refractivity contribution < 1.29 is 13.9 Å². The van der Waals surface area contributed by atoms with E-state index in [9.17, 15) is 4.39 Å². The highest BCUT2D eigenvalue weighted by Gasteiger charge is 2.31. The molecule has 0 aliphatic carbocycles. The number of benzene rings is 1. The Morgan fingerprint density at radius 1 is 1.20 bits per heavy atom. The quantitative estimate of drug-likeness (QED) is 0.254. The van der Waals surface area contributed by atoms with Crippen LogP contribution >= 0.6 is 11.8 Å². The number of morpholine rings is 1. The van der Waals surface area contributed by atoms with Gasteiger partial charge in [-0.25, -0.2) is 4.39 Å². The van der Waals surface area contributed by atoms with Crippen molar-refractivity contribution in [2.75, 3.05) is 64.9 Å². The van der Waals surface area contributed by atoms with Crippen molar-refractivity contribution in [1.29, 1.82) is 0 Å². The van der Waals surface area contributed by atoms with Gasteiger partial charge in [-0.15, -0.1) is 11.8 Å². The first-order valence-corrected chi connectivity index (χ1v) is 12.0. The fraction of sp³-hybridized carbons (Fsp3) is 0.682. The Balaban J connectivity index is 1.45. The van der Waals surface area contributed by atoms with Crippen LogP contribution in [0.1, 0.15) is 19.8 Å². The van der Waals surface area contributed by atoms with Crippen LogP contribution in [0.4, 0.5) is 4.39 Å². The summed E-state index contributed by atoms with van der Waals surface area (Å²) in [5.41, 5.74) is 0. The fourth-order valence-electron chi connectivity index (χ4n) is 3.85. The molecule has 0 amide bonds. The Morgan fingerprint density at radius 2 is 2.00 bits per heavy atom. The minimum atomic E-state index is -0.188. The predicted molar refractivity (Wildman–Crippen MR) is 121 cm³/mol. The number of aliphatic imine (C=N–C) groups is 1. The van der Waals surface area contributed by atoms with Crippen molar-refractivity contribution in [2.45, 2.75) is 30.7 Å². The molecule has 2 heterocycles. The summed E-state index contributed by atoms with van der Waals surface area (Å²) >= 11 is 1.75. The van der Waals surface area contributed by atoms with E-state index in [2.05, 4.69) is 22.5 Å². The molecule has 6 nitrogen and oxygen atoms in total. The second-order valence-corrected chi connectivity index (χ2v) is 8.81. The second-order valence-electron chi connectivity index (χ2n) is 7.64. The monoisotopic (exact) mass is 438 g/mol. The highest BCUT2D eigenvalue weighted by molar-refractivity contribution is 7.99. The van der Waals surface area contributed by atoms with E-state index in [4.69, 9.17) is 14.5 Å². The Bertz CT molecular complexity index is 635. The summed E-state index contributed by atoms with van der Waals surface area (Å²) < 4.78 is 24.2. The average molecular weight is 439 g/mol. The van der Waals surface area contributed by atoms with Gasteiger partial charge >= 0.3 is 0 Å². The van der Waals surface area contributed by atoms with Crippen molar-refractivity contribution in [3.05, 3.63) is 30.1 Å². The van der Waals surface area contributed by atoms with Gasteiger partial charge in [0.25, 0.3) is 0 Å². The van der Waals surface area contributed by atoms with Crippen LogP contribution in [0.25, 0.3) is 0 Å². The molecule has 8 heteroatoms. The number of nitrogens with one attached hydrogen (secondary N) is 2. The molecule has 2 atom stereocenters. The van der Waals surface area contributed by atoms with E-state index in [1.807, 2.05) is 12.1 Å². The van der Waals surface area contributed by atoms with E-state index >= 15 is 0 Å². The zero-order valence-corrected chi connectivity index (χ0v) is 18.8. The Hall–Kier alpha value is -1.35. The van der Waals surface area contributed by atoms with Gasteiger partial charge in [0, 0.05) is 49.6 Å². The van der Waals surface area contributed by atoms with Gasteiger partial charge in [0.1, 0.15) is 5.82 Å². The standard InChI is InChI=1S/C22H35FN4O2S/c1-2-24-22(25-9-3-15-30-20-6-4-19(23)5-7-20)26-16-21(18-8-12-29-17-18)27-10-13-28-14-11-27/h4-7,18,21H,2-3,8-17H2,1H3,(H2,24,25,26). The van der Waals surface area contributed by atoms with Crippen LogP contribution in [0, 0.1) is 11.7 Å². The highest BCUT2D eigenvalue weighted by Crippen LogP contribution is 2.22. The number of hydrogen-bond acceptors (Lipinski definition) is 5. The predicted octanol–water partition coefficient (Wildman–Crippen LogP) is 2.60. The van der Waals surface area contributed by atoms with Gasteiger partial charge in [0.05, 0.1) is 26.4 Å². The normalized spacial score (nSPS) is 21.5. The van der Waals surface area contributed by atoms with Crippen LogP contribution in [0.3, 0.4) is 0 Å². The van der Waals surface area contributed by atoms with Crippen molar-refractivity contribution in [3.63, 3.8) is 0 Å². The lowest BCUT2D eigenvalue weighted by Crippen LogP contribution is -2.49. The first-order chi connectivity index (χ1) is 14.8. The summed E-state index contributed by atoms with van der Waals surface area (Å²) in [5, 5.41) is 6.82. The molecule has 0 radical (unpaired) electrons. The Morgan fingerprint density at radius 3 is 2.70 bits per heavy atom. The van der Waals surface area contributed by atoms with Crippen molar-refractivity contribution >= 4 is 17.7 Å². The molecule has 2 saturated heterocycles. The largest absolute Gasteiger partial charge is 0.381 e. The van der Waals surface area contributed by atoms with Crippen LogP contribution in [0.5, 0.6) is 0 Å². The zero-order chi connectivity index (χ0) is 21.0. The molecule has 2 N–H and O–H groups in total. The number of rotatable bonds is 10. The molecule has 2 aliphatic rings. The SMILES string of the molecule is CCNC(=NCC(C1CCOC1)N1CCOCC1)NCCCSc1ccc(F)cc1. The van der Waals surface area contributed by atoms with Gasteiger partial charge < -0.3 is 20.1 Å². The van der Waals surface area contributed by atoms with E-state index < -0.39 is 0 Å². The molecule has 1 aromatic rings. The topological polar surface area (TPSA) is 58.1 Å². The van der Waals surface area contributed by atoms with Gasteiger partial charge in [-0.2, -0.15) is 0 Å². The van der Waals surface area contributed by atoms with Crippen molar-refractivity contribution in [3.8, 4) is 0 Å². The third-order valence-electron chi connectivity index (χ3n) is 5.50. The van der Waals surface area contributed by atoms with Crippen LogP contribution in [0.15, 0.2) is 34.2 Å². The fourth-order valence-corrected chi connectivity index (χ4v) is 4.71. The maximum absolute atomic E-state index is 13.0. The summed E-state index contributed by atoms with van der Waals surface area (Å²) in [6.07, 6.45) is 2.12. The van der Waals surface area contributed by atoms with Gasteiger partial charge in [-0.3, -0.25) is 9.89 Å². The molecule has 2 unspecified atom stereocenters. The third kappa shape index (κ3) is 7.72. The van der Waals surface area contributed by atoms with E-state index in [0.29, 0.717) is 12.0 Å². The Labute approximate surface area is 184 Å². The molecular formula is C22H35FN4O2S. The summed E-state index contributed by atoms with van der Waals surface area (Å²) in [6.45, 7) is 9.80. The zero-order valence-electron chi connectivity index (χ0n) is 17.9. The van der Waals surface area contributed by atoms with E-state index in [1.165, 1.54) is 12.1 Å². The average Bonchev–Trinajstić information content (AvgIpc) is 3.30. The molecule has 3 rings (SSSR count). The van der Waals surface area contributed by atoms with Crippen molar-refractivity contribution in [1.82, 2.24) is 15.5 Å². The van der Waals surface area contributed by atoms with Gasteiger partial charge in [0.2, 0.25) is 0 Å². The minimum Gasteiger partial charge on any atom is -0.381 e. The number of thioether (sulfide) groups is 1. The van der Waals surface area contributed by atoms with E-state index in [0.717, 1.165) is 88.6 Å². The maximum atomic E-state index is 13.0. The summed E-state index contributed by atoms with van der Waals surface area (Å²) in [4.78, 5) is 8.53. The van der Waals surface area contributed by atoms with Gasteiger partial charge in [-0.1, -0.05) is 0 Å². The lowest BCUT2D eigenvalue weighted by Gasteiger charge is -2.36. The molecule has 2 aliphatic heterocycles. The third-order valence-corrected chi connectivity index (χ3v) is 6.60. The van der Waals surface area contributed by atoms with Crippen LogP contribution < -0.4 is 10.6 Å². The molecule has 2 fully saturated rings. The molecule has 0 spiro atoms. The smallest absolute Gasteiger partial charge is 0.191 e. The lowest BCUT2D eigenvalue weighted by molar-refractivity contribution is 0.00368. The molecule has 1 aromatic carbocycles. The summed E-state index contributed by atoms with van der Waals surface area (Å²) in [7, 11) is 0. The summed E-state index contributed by atoms with van der Waals surface area (Å²) in [5.74, 6) is 2.21. The molecule has 168 valence electrons. The molecule has 0 aromatic heterocycles. The first kappa shape index (κ1) is 23.3. The number of halogens is 1. The molecular weight excluding hydrogens is 403 g/mol. The van der Waals surface area contributed by atoms with Crippen LogP contribution in [0.2, 0.25) is 0 Å². The molecule has 0 bridgehead atoms. The van der Waals surface area contributed by atoms with Crippen LogP contribution in [-0.2, 0) is 9.47 Å². The minimum absolute atomic E-state index is 0.188. The number of hydrogen-bond donors (Lipinski definition) is 2. The molecule has 30 heavy (non-hydrogen) atoms. The number of nitrogens with zero attached hydrogens (tertiary/aromatic N) is 2. The first-order valence-electron chi connectivity index (χ1n) is 11.1. The van der Waals surface area contributed by atoms with E-state index in [1.54, 1.807) is 11.8 Å². The summed E-state index contributed by atoms with van der Waals surface area (Å²) in [6, 6.07) is 7.09. The maximum Gasteiger partial charge on any atom is 0.191 e. The van der Waals surface area contributed by atoms with Crippen LogP contribution in [-0.4, -0.2) is 81.8 Å². The van der Waals surface area contributed by atoms with Gasteiger partial charge in [-0.05, 0) is 49.8 Å². The number of guanidine groups is 1. The van der Waals surface area contributed by atoms with E-state index in [-0.39, 0.29) is 5.82 Å².